The lowest BCUT2D eigenvalue weighted by Crippen LogP contribution is -3.00. The Bertz CT molecular complexity index is 356. The zero-order valence-electron chi connectivity index (χ0n) is 12.8. The Kier molecular flexibility index (Phi) is 8.49. The lowest BCUT2D eigenvalue weighted by Gasteiger charge is -2.39. The fraction of sp³-hybridized carbons (Fsp3) is 1.00. The first-order valence-corrected chi connectivity index (χ1v) is 6.69. The van der Waals surface area contributed by atoms with Crippen LogP contribution in [0.15, 0.2) is 0 Å². The summed E-state index contributed by atoms with van der Waals surface area (Å²) >= 11 is 0. The lowest BCUT2D eigenvalue weighted by molar-refractivity contribution is -0.924. The second-order valence-corrected chi connectivity index (χ2v) is 5.11. The van der Waals surface area contributed by atoms with Crippen LogP contribution in [0.5, 0.6) is 0 Å². The minimum Gasteiger partial charge on any atom is -1.00 e. The number of halogens is 10. The minimum atomic E-state index is -6.80. The number of nitrogens with zero attached hydrogens (tertiary/aromatic N) is 1. The van der Waals surface area contributed by atoms with Crippen molar-refractivity contribution in [2.75, 3.05) is 26.2 Å². The predicted molar refractivity (Wildman–Crippen MR) is 62.3 cm³/mol. The van der Waals surface area contributed by atoms with Gasteiger partial charge in [0.1, 0.15) is 0 Å². The average molecular weight is 428 g/mol. The summed E-state index contributed by atoms with van der Waals surface area (Å²) in [5.74, 6) is -18.8. The van der Waals surface area contributed by atoms with Gasteiger partial charge in [-0.3, -0.25) is 0 Å². The molecule has 0 aliphatic rings. The highest BCUT2D eigenvalue weighted by atomic mass is 79.9. The molecule has 0 unspecified atom stereocenters. The van der Waals surface area contributed by atoms with E-state index in [1.54, 1.807) is 20.8 Å². The van der Waals surface area contributed by atoms with Crippen molar-refractivity contribution in [2.45, 2.75) is 51.1 Å². The van der Waals surface area contributed by atoms with Crippen molar-refractivity contribution in [3.8, 4) is 0 Å². The molecule has 0 bridgehead atoms. The van der Waals surface area contributed by atoms with E-state index in [9.17, 15) is 39.5 Å². The fourth-order valence-corrected chi connectivity index (χ4v) is 2.09. The standard InChI is InChI=1S/C12H19F9N.BrH/c1-4-22(5-2,6-3)8-7-9(13,14)10(15,16)11(17,18)12(19,20)21;/h4-8H2,1-3H3;1H/q+1;/p-1. The van der Waals surface area contributed by atoms with E-state index in [4.69, 9.17) is 0 Å². The molecule has 0 atom stereocenters. The zero-order valence-corrected chi connectivity index (χ0v) is 14.3. The van der Waals surface area contributed by atoms with Crippen molar-refractivity contribution in [1.29, 1.82) is 0 Å². The fourth-order valence-electron chi connectivity index (χ4n) is 2.09. The molecule has 0 aliphatic carbocycles. The predicted octanol–water partition coefficient (Wildman–Crippen LogP) is 1.73. The first kappa shape index (κ1) is 25.1. The van der Waals surface area contributed by atoms with Gasteiger partial charge in [-0.2, -0.15) is 39.5 Å². The SMILES string of the molecule is CC[N+](CC)(CC)CCC(F)(F)C(F)(F)C(F)(F)C(F)(F)F.[Br-]. The normalized spacial score (nSPS) is 14.6. The van der Waals surface area contributed by atoms with Crippen LogP contribution in [-0.2, 0) is 0 Å². The maximum atomic E-state index is 13.4. The third kappa shape index (κ3) is 4.67. The Morgan fingerprint density at radius 3 is 1.26 bits per heavy atom. The Balaban J connectivity index is 0. The van der Waals surface area contributed by atoms with Crippen LogP contribution in [0.4, 0.5) is 39.5 Å². The van der Waals surface area contributed by atoms with E-state index in [1.807, 2.05) is 0 Å². The summed E-state index contributed by atoms with van der Waals surface area (Å²) in [6.45, 7) is 4.95. The minimum absolute atomic E-state index is 0. The van der Waals surface area contributed by atoms with Crippen molar-refractivity contribution >= 4 is 0 Å². The van der Waals surface area contributed by atoms with Gasteiger partial charge in [-0.15, -0.1) is 0 Å². The third-order valence-electron chi connectivity index (χ3n) is 4.12. The highest BCUT2D eigenvalue weighted by Gasteiger charge is 2.81. The molecule has 0 aliphatic heterocycles. The van der Waals surface area contributed by atoms with Gasteiger partial charge in [-0.05, 0) is 20.8 Å². The van der Waals surface area contributed by atoms with Crippen LogP contribution in [0.3, 0.4) is 0 Å². The van der Waals surface area contributed by atoms with E-state index in [2.05, 4.69) is 0 Å². The van der Waals surface area contributed by atoms with Crippen LogP contribution in [0, 0.1) is 0 Å². The Morgan fingerprint density at radius 2 is 1.00 bits per heavy atom. The smallest absolute Gasteiger partial charge is 0.460 e. The highest BCUT2D eigenvalue weighted by molar-refractivity contribution is 5.00. The zero-order chi connectivity index (χ0) is 18.0. The van der Waals surface area contributed by atoms with Crippen molar-refractivity contribution in [3.05, 3.63) is 0 Å². The Hall–Kier alpha value is -0.190. The molecule has 0 saturated carbocycles. The van der Waals surface area contributed by atoms with Crippen molar-refractivity contribution in [1.82, 2.24) is 0 Å². The monoisotopic (exact) mass is 427 g/mol. The number of quaternary nitrogens is 1. The molecule has 11 heteroatoms. The van der Waals surface area contributed by atoms with Gasteiger partial charge in [0.2, 0.25) is 0 Å². The molecule has 0 aromatic carbocycles. The molecule has 0 aromatic rings. The third-order valence-corrected chi connectivity index (χ3v) is 4.12. The summed E-state index contributed by atoms with van der Waals surface area (Å²) in [7, 11) is 0. The van der Waals surface area contributed by atoms with Gasteiger partial charge in [-0.25, -0.2) is 0 Å². The van der Waals surface area contributed by atoms with Crippen LogP contribution in [-0.4, -0.2) is 54.6 Å². The average Bonchev–Trinajstić information content (AvgIpc) is 2.39. The molecule has 23 heavy (non-hydrogen) atoms. The van der Waals surface area contributed by atoms with Gasteiger partial charge >= 0.3 is 23.9 Å². The summed E-state index contributed by atoms with van der Waals surface area (Å²) in [4.78, 5) is 0. The van der Waals surface area contributed by atoms with E-state index in [-0.39, 0.29) is 41.1 Å². The summed E-state index contributed by atoms with van der Waals surface area (Å²) in [5, 5.41) is 0. The second kappa shape index (κ2) is 7.79. The quantitative estimate of drug-likeness (QED) is 0.408. The molecule has 142 valence electrons. The molecule has 0 N–H and O–H groups in total. The molecule has 0 saturated heterocycles. The number of alkyl halides is 9. The summed E-state index contributed by atoms with van der Waals surface area (Å²) in [5.41, 5.74) is 0. The van der Waals surface area contributed by atoms with E-state index in [1.165, 1.54) is 0 Å². The molecule has 0 aromatic heterocycles. The molecule has 0 heterocycles. The van der Waals surface area contributed by atoms with Crippen LogP contribution >= 0.6 is 0 Å². The number of hydrogen-bond acceptors (Lipinski definition) is 0. The van der Waals surface area contributed by atoms with Crippen LogP contribution < -0.4 is 17.0 Å². The van der Waals surface area contributed by atoms with Gasteiger partial charge in [0.15, 0.2) is 0 Å². The van der Waals surface area contributed by atoms with Crippen LogP contribution in [0.25, 0.3) is 0 Å². The summed E-state index contributed by atoms with van der Waals surface area (Å²) in [6.07, 6.45) is -8.52. The van der Waals surface area contributed by atoms with Gasteiger partial charge in [0, 0.05) is 0 Å². The molecule has 0 radical (unpaired) electrons. The Morgan fingerprint density at radius 1 is 0.652 bits per heavy atom. The largest absolute Gasteiger partial charge is 1.00 e. The molecule has 0 fully saturated rings. The van der Waals surface area contributed by atoms with E-state index < -0.39 is 36.9 Å². The van der Waals surface area contributed by atoms with Crippen molar-refractivity contribution in [3.63, 3.8) is 0 Å². The highest BCUT2D eigenvalue weighted by Crippen LogP contribution is 2.54. The van der Waals surface area contributed by atoms with Crippen molar-refractivity contribution < 1.29 is 61.0 Å². The topological polar surface area (TPSA) is 0 Å². The second-order valence-electron chi connectivity index (χ2n) is 5.11. The van der Waals surface area contributed by atoms with E-state index in [0.717, 1.165) is 0 Å². The Labute approximate surface area is 139 Å². The summed E-state index contributed by atoms with van der Waals surface area (Å²) in [6, 6.07) is 0. The van der Waals surface area contributed by atoms with Gasteiger partial charge in [-0.1, -0.05) is 0 Å². The molecule has 0 rings (SSSR count). The van der Waals surface area contributed by atoms with Crippen LogP contribution in [0.1, 0.15) is 27.2 Å². The van der Waals surface area contributed by atoms with Gasteiger partial charge in [0.05, 0.1) is 32.6 Å². The van der Waals surface area contributed by atoms with E-state index in [0.29, 0.717) is 0 Å². The first-order valence-electron chi connectivity index (χ1n) is 6.69. The number of rotatable bonds is 8. The van der Waals surface area contributed by atoms with Gasteiger partial charge in [0.25, 0.3) is 0 Å². The maximum Gasteiger partial charge on any atom is 0.460 e. The molecule has 0 spiro atoms. The van der Waals surface area contributed by atoms with Crippen molar-refractivity contribution in [2.24, 2.45) is 0 Å². The molecule has 1 nitrogen and oxygen atoms in total. The summed E-state index contributed by atoms with van der Waals surface area (Å²) < 4.78 is 114. The molecular formula is C12H19BrF9N. The van der Waals surface area contributed by atoms with Gasteiger partial charge < -0.3 is 21.5 Å². The number of hydrogen-bond donors (Lipinski definition) is 0. The first-order chi connectivity index (χ1) is 9.64. The lowest BCUT2D eigenvalue weighted by atomic mass is 10.0. The maximum absolute atomic E-state index is 13.4. The van der Waals surface area contributed by atoms with Crippen LogP contribution in [0.2, 0.25) is 0 Å². The van der Waals surface area contributed by atoms with E-state index >= 15 is 0 Å². The molecular weight excluding hydrogens is 409 g/mol. The molecule has 0 amide bonds.